The van der Waals surface area contributed by atoms with Gasteiger partial charge in [-0.3, -0.25) is 0 Å². The van der Waals surface area contributed by atoms with Crippen molar-refractivity contribution in [2.45, 2.75) is 39.5 Å². The predicted molar refractivity (Wildman–Crippen MR) is 98.8 cm³/mol. The average Bonchev–Trinajstić information content (AvgIpc) is 2.59. The van der Waals surface area contributed by atoms with Gasteiger partial charge in [0.25, 0.3) is 0 Å². The predicted octanol–water partition coefficient (Wildman–Crippen LogP) is 5.57. The molecule has 0 N–H and O–H groups in total. The highest BCUT2D eigenvalue weighted by molar-refractivity contribution is 5.28. The molecule has 0 heterocycles. The van der Waals surface area contributed by atoms with Crippen LogP contribution in [0, 0.1) is 25.7 Å². The van der Waals surface area contributed by atoms with Gasteiger partial charge in [-0.15, -0.1) is 0 Å². The van der Waals surface area contributed by atoms with Crippen LogP contribution in [0.3, 0.4) is 0 Å². The summed E-state index contributed by atoms with van der Waals surface area (Å²) in [6, 6.07) is 16.7. The Kier molecular flexibility index (Phi) is 5.79. The highest BCUT2D eigenvalue weighted by Crippen LogP contribution is 2.30. The summed E-state index contributed by atoms with van der Waals surface area (Å²) in [7, 11) is 0. The highest BCUT2D eigenvalue weighted by atomic mass is 16.5. The Morgan fingerprint density at radius 1 is 0.708 bits per heavy atom. The van der Waals surface area contributed by atoms with Crippen LogP contribution in [0.2, 0.25) is 0 Å². The van der Waals surface area contributed by atoms with Crippen LogP contribution in [0.25, 0.3) is 0 Å². The Morgan fingerprint density at radius 3 is 1.50 bits per heavy atom. The Balaban J connectivity index is 1.38. The first kappa shape index (κ1) is 16.9. The van der Waals surface area contributed by atoms with Crippen LogP contribution in [0.5, 0.6) is 11.5 Å². The molecule has 24 heavy (non-hydrogen) atoms. The second-order valence-electron chi connectivity index (χ2n) is 7.14. The van der Waals surface area contributed by atoms with E-state index in [1.54, 1.807) is 0 Å². The maximum absolute atomic E-state index is 5.97. The van der Waals surface area contributed by atoms with Gasteiger partial charge in [-0.25, -0.2) is 0 Å². The van der Waals surface area contributed by atoms with Gasteiger partial charge in [-0.05, 0) is 86.8 Å². The molecule has 2 aromatic rings. The second-order valence-corrected chi connectivity index (χ2v) is 7.14. The maximum Gasteiger partial charge on any atom is 0.119 e. The molecular weight excluding hydrogens is 296 g/mol. The van der Waals surface area contributed by atoms with Gasteiger partial charge in [0.05, 0.1) is 13.2 Å². The third-order valence-corrected chi connectivity index (χ3v) is 4.92. The lowest BCUT2D eigenvalue weighted by atomic mass is 9.83. The average molecular weight is 324 g/mol. The van der Waals surface area contributed by atoms with E-state index in [-0.39, 0.29) is 0 Å². The maximum atomic E-state index is 5.97. The molecule has 0 saturated heterocycles. The molecule has 0 spiro atoms. The van der Waals surface area contributed by atoms with Gasteiger partial charge in [0.2, 0.25) is 0 Å². The highest BCUT2D eigenvalue weighted by Gasteiger charge is 2.22. The Bertz CT molecular complexity index is 584. The summed E-state index contributed by atoms with van der Waals surface area (Å²) in [5.41, 5.74) is 2.51. The van der Waals surface area contributed by atoms with Crippen LogP contribution >= 0.6 is 0 Å². The van der Waals surface area contributed by atoms with Crippen molar-refractivity contribution in [1.82, 2.24) is 0 Å². The van der Waals surface area contributed by atoms with Crippen LogP contribution in [0.15, 0.2) is 48.5 Å². The van der Waals surface area contributed by atoms with Gasteiger partial charge < -0.3 is 9.47 Å². The van der Waals surface area contributed by atoms with Crippen LogP contribution in [-0.2, 0) is 0 Å². The Hall–Kier alpha value is -1.96. The summed E-state index contributed by atoms with van der Waals surface area (Å²) in [5.74, 6) is 3.36. The number of hydrogen-bond donors (Lipinski definition) is 0. The first-order valence-electron chi connectivity index (χ1n) is 9.08. The van der Waals surface area contributed by atoms with Gasteiger partial charge in [0.1, 0.15) is 11.5 Å². The zero-order valence-electron chi connectivity index (χ0n) is 14.8. The molecule has 2 heteroatoms. The van der Waals surface area contributed by atoms with E-state index in [0.717, 1.165) is 24.7 Å². The van der Waals surface area contributed by atoms with Crippen molar-refractivity contribution in [2.24, 2.45) is 11.8 Å². The van der Waals surface area contributed by atoms with E-state index in [4.69, 9.17) is 9.47 Å². The standard InChI is InChI=1S/C22H28O2/c1-17-5-3-7-21(13-17)23-15-19-9-11-20(12-10-19)16-24-22-8-4-6-18(2)14-22/h3-8,13-14,19-20H,9-12,15-16H2,1-2H3. The molecule has 0 amide bonds. The quantitative estimate of drug-likeness (QED) is 0.692. The van der Waals surface area contributed by atoms with E-state index in [1.165, 1.54) is 36.8 Å². The number of benzene rings is 2. The molecule has 0 aliphatic heterocycles. The molecule has 1 saturated carbocycles. The lowest BCUT2D eigenvalue weighted by Crippen LogP contribution is -2.23. The van der Waals surface area contributed by atoms with Gasteiger partial charge >= 0.3 is 0 Å². The molecule has 1 aliphatic rings. The van der Waals surface area contributed by atoms with Gasteiger partial charge in [-0.2, -0.15) is 0 Å². The minimum absolute atomic E-state index is 0.681. The van der Waals surface area contributed by atoms with Gasteiger partial charge in [-0.1, -0.05) is 24.3 Å². The monoisotopic (exact) mass is 324 g/mol. The molecule has 1 aliphatic carbocycles. The Labute approximate surface area is 145 Å². The molecule has 128 valence electrons. The van der Waals surface area contributed by atoms with Crippen molar-refractivity contribution in [3.8, 4) is 11.5 Å². The topological polar surface area (TPSA) is 18.5 Å². The van der Waals surface area contributed by atoms with Gasteiger partial charge in [0.15, 0.2) is 0 Å². The minimum Gasteiger partial charge on any atom is -0.493 e. The summed E-state index contributed by atoms with van der Waals surface area (Å²) in [6.45, 7) is 5.89. The van der Waals surface area contributed by atoms with Crippen LogP contribution < -0.4 is 9.47 Å². The lowest BCUT2D eigenvalue weighted by molar-refractivity contribution is 0.148. The molecule has 0 atom stereocenters. The summed E-state index contributed by atoms with van der Waals surface area (Å²) < 4.78 is 11.9. The molecule has 3 rings (SSSR count). The van der Waals surface area contributed by atoms with E-state index < -0.39 is 0 Å². The molecule has 1 fully saturated rings. The number of ether oxygens (including phenoxy) is 2. The fourth-order valence-corrected chi connectivity index (χ4v) is 3.40. The van der Waals surface area contributed by atoms with Gasteiger partial charge in [0, 0.05) is 0 Å². The van der Waals surface area contributed by atoms with Crippen molar-refractivity contribution in [3.05, 3.63) is 59.7 Å². The van der Waals surface area contributed by atoms with E-state index in [0.29, 0.717) is 11.8 Å². The van der Waals surface area contributed by atoms with Crippen LogP contribution in [-0.4, -0.2) is 13.2 Å². The van der Waals surface area contributed by atoms with E-state index in [1.807, 2.05) is 12.1 Å². The summed E-state index contributed by atoms with van der Waals surface area (Å²) in [4.78, 5) is 0. The summed E-state index contributed by atoms with van der Waals surface area (Å²) in [5, 5.41) is 0. The molecule has 2 aromatic carbocycles. The Morgan fingerprint density at radius 2 is 1.12 bits per heavy atom. The molecular formula is C22H28O2. The molecule has 2 nitrogen and oxygen atoms in total. The second kappa shape index (κ2) is 8.23. The fraction of sp³-hybridized carbons (Fsp3) is 0.455. The SMILES string of the molecule is Cc1cccc(OCC2CCC(COc3cccc(C)c3)CC2)c1. The zero-order valence-corrected chi connectivity index (χ0v) is 14.8. The molecule has 0 unspecified atom stereocenters. The normalized spacial score (nSPS) is 20.6. The third kappa shape index (κ3) is 5.02. The lowest BCUT2D eigenvalue weighted by Gasteiger charge is -2.28. The molecule has 0 bridgehead atoms. The third-order valence-electron chi connectivity index (χ3n) is 4.92. The first-order chi connectivity index (χ1) is 11.7. The molecule has 0 radical (unpaired) electrons. The van der Waals surface area contributed by atoms with E-state index >= 15 is 0 Å². The van der Waals surface area contributed by atoms with Crippen LogP contribution in [0.4, 0.5) is 0 Å². The van der Waals surface area contributed by atoms with E-state index in [2.05, 4.69) is 50.2 Å². The number of hydrogen-bond acceptors (Lipinski definition) is 2. The van der Waals surface area contributed by atoms with E-state index in [9.17, 15) is 0 Å². The minimum atomic E-state index is 0.681. The van der Waals surface area contributed by atoms with Crippen molar-refractivity contribution in [3.63, 3.8) is 0 Å². The zero-order chi connectivity index (χ0) is 16.8. The van der Waals surface area contributed by atoms with Crippen LogP contribution in [0.1, 0.15) is 36.8 Å². The van der Waals surface area contributed by atoms with Crippen molar-refractivity contribution in [1.29, 1.82) is 0 Å². The smallest absolute Gasteiger partial charge is 0.119 e. The van der Waals surface area contributed by atoms with Crippen molar-refractivity contribution < 1.29 is 9.47 Å². The van der Waals surface area contributed by atoms with Crippen molar-refractivity contribution >= 4 is 0 Å². The number of rotatable bonds is 6. The first-order valence-corrected chi connectivity index (χ1v) is 9.08. The summed E-state index contributed by atoms with van der Waals surface area (Å²) >= 11 is 0. The van der Waals surface area contributed by atoms with Crippen molar-refractivity contribution in [2.75, 3.05) is 13.2 Å². The largest absolute Gasteiger partial charge is 0.493 e. The fourth-order valence-electron chi connectivity index (χ4n) is 3.40. The number of aryl methyl sites for hydroxylation is 2. The summed E-state index contributed by atoms with van der Waals surface area (Å²) in [6.07, 6.45) is 4.97. The molecule has 0 aromatic heterocycles.